The van der Waals surface area contributed by atoms with Gasteiger partial charge in [-0.2, -0.15) is 4.98 Å². The monoisotopic (exact) mass is 457 g/mol. The fourth-order valence-corrected chi connectivity index (χ4v) is 4.92. The van der Waals surface area contributed by atoms with Gasteiger partial charge in [0.1, 0.15) is 0 Å². The highest BCUT2D eigenvalue weighted by Crippen LogP contribution is 2.32. The van der Waals surface area contributed by atoms with Crippen LogP contribution in [0.1, 0.15) is 31.4 Å². The first-order valence-electron chi connectivity index (χ1n) is 12.1. The van der Waals surface area contributed by atoms with Gasteiger partial charge in [-0.05, 0) is 48.4 Å². The molecule has 0 unspecified atom stereocenters. The van der Waals surface area contributed by atoms with Crippen LogP contribution in [-0.4, -0.2) is 25.2 Å². The topological polar surface area (TPSA) is 65.1 Å². The van der Waals surface area contributed by atoms with E-state index in [1.165, 1.54) is 20.3 Å². The van der Waals surface area contributed by atoms with Gasteiger partial charge in [0, 0.05) is 32.4 Å². The summed E-state index contributed by atoms with van der Waals surface area (Å²) in [5.41, 5.74) is 3.94. The van der Waals surface area contributed by atoms with E-state index in [1.54, 1.807) is 7.05 Å². The molecule has 0 fully saturated rings. The van der Waals surface area contributed by atoms with Crippen molar-refractivity contribution in [2.75, 3.05) is 11.4 Å². The van der Waals surface area contributed by atoms with Crippen molar-refractivity contribution in [1.82, 2.24) is 18.7 Å². The Morgan fingerprint density at radius 3 is 2.41 bits per heavy atom. The molecule has 1 aliphatic rings. The molecular weight excluding hydrogens is 426 g/mol. The second-order valence-corrected chi connectivity index (χ2v) is 9.32. The number of hydrogen-bond acceptors (Lipinski definition) is 4. The van der Waals surface area contributed by atoms with Crippen molar-refractivity contribution in [3.63, 3.8) is 0 Å². The molecular formula is C27H31N5O2. The van der Waals surface area contributed by atoms with Crippen molar-refractivity contribution in [2.24, 2.45) is 13.0 Å². The highest BCUT2D eigenvalue weighted by atomic mass is 16.2. The van der Waals surface area contributed by atoms with E-state index in [9.17, 15) is 9.59 Å². The average molecular weight is 458 g/mol. The molecule has 0 aliphatic carbocycles. The maximum Gasteiger partial charge on any atom is 0.332 e. The molecule has 0 amide bonds. The van der Waals surface area contributed by atoms with Crippen molar-refractivity contribution in [2.45, 2.75) is 46.2 Å². The van der Waals surface area contributed by atoms with Gasteiger partial charge in [0.05, 0.1) is 0 Å². The molecule has 0 radical (unpaired) electrons. The number of imidazole rings is 1. The van der Waals surface area contributed by atoms with Crippen LogP contribution in [0, 0.1) is 5.92 Å². The van der Waals surface area contributed by atoms with Crippen molar-refractivity contribution >= 4 is 22.8 Å². The van der Waals surface area contributed by atoms with Crippen LogP contribution in [0.5, 0.6) is 0 Å². The van der Waals surface area contributed by atoms with E-state index in [1.807, 2.05) is 22.8 Å². The van der Waals surface area contributed by atoms with Crippen LogP contribution in [0.4, 0.5) is 11.6 Å². The van der Waals surface area contributed by atoms with Crippen molar-refractivity contribution in [1.29, 1.82) is 0 Å². The lowest BCUT2D eigenvalue weighted by molar-refractivity contribution is 0.457. The molecule has 7 heteroatoms. The first-order chi connectivity index (χ1) is 16.5. The van der Waals surface area contributed by atoms with Crippen LogP contribution >= 0.6 is 0 Å². The molecule has 3 heterocycles. The summed E-state index contributed by atoms with van der Waals surface area (Å²) in [6, 6.07) is 18.6. The average Bonchev–Trinajstić information content (AvgIpc) is 3.24. The van der Waals surface area contributed by atoms with E-state index in [4.69, 9.17) is 4.98 Å². The van der Waals surface area contributed by atoms with Crippen LogP contribution in [0.3, 0.4) is 0 Å². The molecule has 176 valence electrons. The molecule has 0 bridgehead atoms. The third-order valence-electron chi connectivity index (χ3n) is 6.79. The second kappa shape index (κ2) is 8.97. The van der Waals surface area contributed by atoms with Gasteiger partial charge in [-0.1, -0.05) is 56.3 Å². The fourth-order valence-electron chi connectivity index (χ4n) is 4.92. The molecule has 0 spiro atoms. The number of fused-ring (bicyclic) bond motifs is 3. The van der Waals surface area contributed by atoms with Gasteiger partial charge in [0.15, 0.2) is 11.2 Å². The minimum absolute atomic E-state index is 0.250. The van der Waals surface area contributed by atoms with E-state index in [2.05, 4.69) is 55.1 Å². The van der Waals surface area contributed by atoms with E-state index in [0.717, 1.165) is 37.4 Å². The Morgan fingerprint density at radius 1 is 0.971 bits per heavy atom. The maximum absolute atomic E-state index is 13.6. The van der Waals surface area contributed by atoms with Gasteiger partial charge in [-0.15, -0.1) is 0 Å². The highest BCUT2D eigenvalue weighted by Gasteiger charge is 2.29. The van der Waals surface area contributed by atoms with Gasteiger partial charge in [-0.3, -0.25) is 13.9 Å². The summed E-state index contributed by atoms with van der Waals surface area (Å²) in [4.78, 5) is 33.7. The molecule has 34 heavy (non-hydrogen) atoms. The lowest BCUT2D eigenvalue weighted by atomic mass is 10.1. The van der Waals surface area contributed by atoms with Crippen molar-refractivity contribution in [3.8, 4) is 0 Å². The van der Waals surface area contributed by atoms with E-state index in [-0.39, 0.29) is 11.2 Å². The number of nitrogens with zero attached hydrogens (tertiary/aromatic N) is 5. The van der Waals surface area contributed by atoms with Gasteiger partial charge >= 0.3 is 5.69 Å². The van der Waals surface area contributed by atoms with Crippen molar-refractivity contribution in [3.05, 3.63) is 86.6 Å². The summed E-state index contributed by atoms with van der Waals surface area (Å²) in [5.74, 6) is 1.06. The Labute approximate surface area is 198 Å². The zero-order valence-corrected chi connectivity index (χ0v) is 20.1. The molecule has 5 rings (SSSR count). The molecule has 1 atom stereocenters. The molecule has 2 aromatic carbocycles. The van der Waals surface area contributed by atoms with Gasteiger partial charge in [-0.25, -0.2) is 4.79 Å². The third-order valence-corrected chi connectivity index (χ3v) is 6.79. The summed E-state index contributed by atoms with van der Waals surface area (Å²) in [6.45, 7) is 6.22. The second-order valence-electron chi connectivity index (χ2n) is 9.32. The number of aryl methyl sites for hydroxylation is 3. The Morgan fingerprint density at radius 2 is 1.71 bits per heavy atom. The SMILES string of the molecule is CCc1ccc(N2C[C@H](C)Cn3c2nc2c3c(=O)n(CCCc3ccccc3)c(=O)n2C)cc1. The predicted molar refractivity (Wildman–Crippen MR) is 136 cm³/mol. The third kappa shape index (κ3) is 3.85. The largest absolute Gasteiger partial charge is 0.332 e. The minimum atomic E-state index is -0.312. The number of anilines is 2. The highest BCUT2D eigenvalue weighted by molar-refractivity contribution is 5.77. The van der Waals surface area contributed by atoms with Crippen LogP contribution in [-0.2, 0) is 33.0 Å². The smallest absolute Gasteiger partial charge is 0.312 e. The number of rotatable bonds is 6. The standard InChI is InChI=1S/C27H31N5O2/c1-4-20-12-14-22(15-13-20)31-17-19(2)18-32-23-24(28-26(31)32)29(3)27(34)30(25(23)33)16-8-11-21-9-6-5-7-10-21/h5-7,9-10,12-15,19H,4,8,11,16-18H2,1-3H3/t19-/m0/s1. The summed E-state index contributed by atoms with van der Waals surface area (Å²) in [6.07, 6.45) is 2.52. The molecule has 2 aromatic heterocycles. The maximum atomic E-state index is 13.6. The van der Waals surface area contributed by atoms with Gasteiger partial charge in [0.2, 0.25) is 5.95 Å². The van der Waals surface area contributed by atoms with Gasteiger partial charge < -0.3 is 9.47 Å². The minimum Gasteiger partial charge on any atom is -0.312 e. The number of benzene rings is 2. The van der Waals surface area contributed by atoms with E-state index in [0.29, 0.717) is 30.2 Å². The van der Waals surface area contributed by atoms with E-state index >= 15 is 0 Å². The summed E-state index contributed by atoms with van der Waals surface area (Å²) in [7, 11) is 1.71. The molecule has 4 aromatic rings. The summed E-state index contributed by atoms with van der Waals surface area (Å²) in [5, 5.41) is 0. The molecule has 7 nitrogen and oxygen atoms in total. The Kier molecular flexibility index (Phi) is 5.86. The molecule has 0 N–H and O–H groups in total. The normalized spacial score (nSPS) is 15.6. The Bertz CT molecular complexity index is 1430. The molecule has 0 saturated carbocycles. The van der Waals surface area contributed by atoms with Crippen LogP contribution in [0.2, 0.25) is 0 Å². The van der Waals surface area contributed by atoms with Crippen molar-refractivity contribution < 1.29 is 0 Å². The number of hydrogen-bond donors (Lipinski definition) is 0. The van der Waals surface area contributed by atoms with Crippen LogP contribution in [0.15, 0.2) is 64.2 Å². The Hall–Kier alpha value is -3.61. The zero-order valence-electron chi connectivity index (χ0n) is 20.1. The zero-order chi connectivity index (χ0) is 23.8. The molecule has 1 aliphatic heterocycles. The van der Waals surface area contributed by atoms with Crippen LogP contribution in [0.25, 0.3) is 11.2 Å². The number of aromatic nitrogens is 4. The lowest BCUT2D eigenvalue weighted by Gasteiger charge is -2.33. The van der Waals surface area contributed by atoms with Gasteiger partial charge in [0.25, 0.3) is 5.56 Å². The fraction of sp³-hybridized carbons (Fsp3) is 0.370. The van der Waals surface area contributed by atoms with E-state index < -0.39 is 0 Å². The quantitative estimate of drug-likeness (QED) is 0.441. The summed E-state index contributed by atoms with van der Waals surface area (Å²) < 4.78 is 4.90. The lowest BCUT2D eigenvalue weighted by Crippen LogP contribution is -2.40. The summed E-state index contributed by atoms with van der Waals surface area (Å²) >= 11 is 0. The Balaban J connectivity index is 1.56. The predicted octanol–water partition coefficient (Wildman–Crippen LogP) is 3.88. The van der Waals surface area contributed by atoms with Crippen LogP contribution < -0.4 is 16.1 Å². The first-order valence-corrected chi connectivity index (χ1v) is 12.1. The first kappa shape index (κ1) is 22.2. The molecule has 0 saturated heterocycles.